The summed E-state index contributed by atoms with van der Waals surface area (Å²) in [6.07, 6.45) is 16.3. The molecule has 31 heavy (non-hydrogen) atoms. The van der Waals surface area contributed by atoms with E-state index in [2.05, 4.69) is 64.1 Å². The molecule has 0 aliphatic carbocycles. The van der Waals surface area contributed by atoms with Crippen molar-refractivity contribution in [2.24, 2.45) is 0 Å². The third-order valence-electron chi connectivity index (χ3n) is 7.97. The van der Waals surface area contributed by atoms with Crippen molar-refractivity contribution >= 4 is 25.2 Å². The van der Waals surface area contributed by atoms with Crippen molar-refractivity contribution in [3.05, 3.63) is 58.7 Å². The normalized spacial score (nSPS) is 21.0. The molecule has 0 radical (unpaired) electrons. The van der Waals surface area contributed by atoms with Crippen molar-refractivity contribution in [3.63, 3.8) is 0 Å². The van der Waals surface area contributed by atoms with Crippen LogP contribution < -0.4 is 10.6 Å². The number of rotatable bonds is 8. The van der Waals surface area contributed by atoms with Gasteiger partial charge in [0.15, 0.2) is 0 Å². The number of hydrogen-bond acceptors (Lipinski definition) is 0. The summed E-state index contributed by atoms with van der Waals surface area (Å²) in [5.41, 5.74) is 5.65. The van der Waals surface area contributed by atoms with Crippen LogP contribution in [0.2, 0.25) is 18.0 Å². The summed E-state index contributed by atoms with van der Waals surface area (Å²) in [5, 5.41) is 3.17. The van der Waals surface area contributed by atoms with E-state index >= 15 is 0 Å². The fourth-order valence-corrected chi connectivity index (χ4v) is 9.52. The van der Waals surface area contributed by atoms with E-state index in [1.807, 2.05) is 0 Å². The minimum atomic E-state index is -0.256. The molecule has 2 aromatic carbocycles. The average Bonchev–Trinajstić information content (AvgIpc) is 2.68. The van der Waals surface area contributed by atoms with Crippen molar-refractivity contribution in [2.75, 3.05) is 6.16 Å². The molecule has 2 bridgehead atoms. The number of aryl methyl sites for hydroxylation is 4. The average molecular weight is 432 g/mol. The number of fused-ring (bicyclic) bond motifs is 2. The maximum absolute atomic E-state index is 2.46. The van der Waals surface area contributed by atoms with Crippen molar-refractivity contribution in [3.8, 4) is 0 Å². The largest absolute Gasteiger partial charge is 0.146 e. The van der Waals surface area contributed by atoms with Gasteiger partial charge in [-0.2, -0.15) is 0 Å². The smallest absolute Gasteiger partial charge is 0.0737 e. The minimum absolute atomic E-state index is 0.256. The Morgan fingerprint density at radius 3 is 1.55 bits per heavy atom. The molecule has 4 rings (SSSR count). The predicted octanol–water partition coefficient (Wildman–Crippen LogP) is 8.13. The first kappa shape index (κ1) is 23.1. The molecule has 0 unspecified atom stereocenters. The zero-order valence-corrected chi connectivity index (χ0v) is 21.3. The van der Waals surface area contributed by atoms with Crippen LogP contribution in [0.3, 0.4) is 0 Å². The first-order valence-corrected chi connectivity index (χ1v) is 14.5. The monoisotopic (exact) mass is 432 g/mol. The molecular formula is C29H42BP. The summed E-state index contributed by atoms with van der Waals surface area (Å²) in [7, 11) is -0.256. The quantitative estimate of drug-likeness (QED) is 0.224. The fourth-order valence-electron chi connectivity index (χ4n) is 6.73. The Balaban J connectivity index is 1.39. The van der Waals surface area contributed by atoms with Crippen LogP contribution in [0.25, 0.3) is 0 Å². The van der Waals surface area contributed by atoms with Gasteiger partial charge in [0.25, 0.3) is 0 Å². The van der Waals surface area contributed by atoms with Gasteiger partial charge in [-0.3, -0.25) is 0 Å². The second kappa shape index (κ2) is 10.7. The molecule has 2 aliphatic rings. The van der Waals surface area contributed by atoms with Gasteiger partial charge in [0.05, 0.1) is 0 Å². The standard InChI is InChI=1S/C29H42BP/c1-22-16-23(2)19-28(18-22)31(29-20-24(3)17-25(4)21-29)15-7-5-6-14-30-26-10-8-11-27(30)13-9-12-26/h16-21,26-27H,5-15H2,1-4H3. The third kappa shape index (κ3) is 6.04. The van der Waals surface area contributed by atoms with E-state index in [1.165, 1.54) is 92.5 Å². The molecule has 0 amide bonds. The Hall–Kier alpha value is -1.07. The van der Waals surface area contributed by atoms with Crippen LogP contribution in [-0.2, 0) is 0 Å². The van der Waals surface area contributed by atoms with Crippen LogP contribution in [0.5, 0.6) is 0 Å². The molecule has 2 saturated heterocycles. The van der Waals surface area contributed by atoms with Gasteiger partial charge in [0.2, 0.25) is 0 Å². The molecule has 0 N–H and O–H groups in total. The number of hydrogen-bond donors (Lipinski definition) is 0. The van der Waals surface area contributed by atoms with Crippen molar-refractivity contribution in [1.29, 1.82) is 0 Å². The first-order chi connectivity index (χ1) is 15.0. The van der Waals surface area contributed by atoms with Crippen molar-refractivity contribution in [1.82, 2.24) is 0 Å². The van der Waals surface area contributed by atoms with Gasteiger partial charge in [-0.1, -0.05) is 128 Å². The van der Waals surface area contributed by atoms with E-state index in [0.29, 0.717) is 0 Å². The van der Waals surface area contributed by atoms with Crippen LogP contribution in [0.1, 0.15) is 80.0 Å². The molecule has 0 saturated carbocycles. The Morgan fingerprint density at radius 2 is 1.10 bits per heavy atom. The summed E-state index contributed by atoms with van der Waals surface area (Å²) in [4.78, 5) is 0. The molecule has 2 heterocycles. The molecule has 2 heteroatoms. The molecule has 0 atom stereocenters. The minimum Gasteiger partial charge on any atom is -0.0737 e. The van der Waals surface area contributed by atoms with Crippen molar-refractivity contribution < 1.29 is 0 Å². The Bertz CT molecular complexity index is 759. The van der Waals surface area contributed by atoms with Crippen LogP contribution in [0, 0.1) is 27.7 Å². The van der Waals surface area contributed by atoms with E-state index in [4.69, 9.17) is 0 Å². The van der Waals surface area contributed by atoms with Gasteiger partial charge in [0, 0.05) is 0 Å². The third-order valence-corrected chi connectivity index (χ3v) is 10.5. The van der Waals surface area contributed by atoms with Gasteiger partial charge < -0.3 is 0 Å². The lowest BCUT2D eigenvalue weighted by molar-refractivity contribution is 0.440. The zero-order chi connectivity index (χ0) is 21.8. The second-order valence-corrected chi connectivity index (χ2v) is 13.1. The highest BCUT2D eigenvalue weighted by Crippen LogP contribution is 2.48. The summed E-state index contributed by atoms with van der Waals surface area (Å²) in [5.74, 6) is 2.16. The summed E-state index contributed by atoms with van der Waals surface area (Å²) in [6.45, 7) is 10.1. The van der Waals surface area contributed by atoms with E-state index < -0.39 is 0 Å². The molecule has 0 aromatic heterocycles. The molecular weight excluding hydrogens is 390 g/mol. The van der Waals surface area contributed by atoms with E-state index in [9.17, 15) is 0 Å². The molecule has 0 spiro atoms. The van der Waals surface area contributed by atoms with Crippen LogP contribution in [0.4, 0.5) is 0 Å². The molecule has 2 fully saturated rings. The number of unbranched alkanes of at least 4 members (excludes halogenated alkanes) is 2. The molecule has 166 valence electrons. The highest BCUT2D eigenvalue weighted by molar-refractivity contribution is 7.73. The summed E-state index contributed by atoms with van der Waals surface area (Å²) >= 11 is 0. The first-order valence-electron chi connectivity index (χ1n) is 12.9. The van der Waals surface area contributed by atoms with Gasteiger partial charge in [-0.05, 0) is 58.8 Å². The lowest BCUT2D eigenvalue weighted by Crippen LogP contribution is -2.34. The highest BCUT2D eigenvalue weighted by atomic mass is 31.1. The Labute approximate surface area is 193 Å². The van der Waals surface area contributed by atoms with E-state index in [0.717, 1.165) is 18.3 Å². The summed E-state index contributed by atoms with van der Waals surface area (Å²) in [6, 6.07) is 14.5. The lowest BCUT2D eigenvalue weighted by atomic mass is 9.26. The Kier molecular flexibility index (Phi) is 7.98. The predicted molar refractivity (Wildman–Crippen MR) is 143 cm³/mol. The summed E-state index contributed by atoms with van der Waals surface area (Å²) < 4.78 is 0. The van der Waals surface area contributed by atoms with Gasteiger partial charge in [-0.15, -0.1) is 0 Å². The van der Waals surface area contributed by atoms with Crippen molar-refractivity contribution in [2.45, 2.75) is 103 Å². The molecule has 2 aliphatic heterocycles. The topological polar surface area (TPSA) is 0 Å². The lowest BCUT2D eigenvalue weighted by Gasteiger charge is -2.40. The fraction of sp³-hybridized carbons (Fsp3) is 0.586. The number of benzene rings is 2. The van der Waals surface area contributed by atoms with Crippen LogP contribution in [-0.4, -0.2) is 12.9 Å². The SMILES string of the molecule is Cc1cc(C)cc(P(CCCCCB2C3CCCC2CCC3)c2cc(C)cc(C)c2)c1. The molecule has 2 aromatic rings. The van der Waals surface area contributed by atoms with Crippen LogP contribution >= 0.6 is 7.92 Å². The van der Waals surface area contributed by atoms with Gasteiger partial charge in [-0.25, -0.2) is 0 Å². The zero-order valence-electron chi connectivity index (χ0n) is 20.4. The Morgan fingerprint density at radius 1 is 0.645 bits per heavy atom. The van der Waals surface area contributed by atoms with Crippen LogP contribution in [0.15, 0.2) is 36.4 Å². The second-order valence-electron chi connectivity index (χ2n) is 10.7. The van der Waals surface area contributed by atoms with Gasteiger partial charge >= 0.3 is 0 Å². The van der Waals surface area contributed by atoms with E-state index in [1.54, 1.807) is 10.6 Å². The van der Waals surface area contributed by atoms with Gasteiger partial charge in [0.1, 0.15) is 6.71 Å². The van der Waals surface area contributed by atoms with E-state index in [-0.39, 0.29) is 7.92 Å². The maximum atomic E-state index is 2.46. The molecule has 0 nitrogen and oxygen atoms in total. The maximum Gasteiger partial charge on any atom is 0.146 e. The highest BCUT2D eigenvalue weighted by Gasteiger charge is 2.38.